The van der Waals surface area contributed by atoms with Crippen LogP contribution in [0.25, 0.3) is 0 Å². The molecule has 0 aliphatic heterocycles. The average Bonchev–Trinajstić information content (AvgIpc) is 2.63. The first kappa shape index (κ1) is 14.4. The molecule has 5 N–H and O–H groups in total. The van der Waals surface area contributed by atoms with Crippen molar-refractivity contribution in [2.75, 3.05) is 11.2 Å². The summed E-state index contributed by atoms with van der Waals surface area (Å²) < 4.78 is 1.31. The summed E-state index contributed by atoms with van der Waals surface area (Å²) in [5.74, 6) is -1.75. The molecule has 0 radical (unpaired) electrons. The van der Waals surface area contributed by atoms with E-state index in [1.54, 1.807) is 0 Å². The molecular weight excluding hydrogens is 232 g/mol. The summed E-state index contributed by atoms with van der Waals surface area (Å²) in [6, 6.07) is 0. The highest BCUT2D eigenvalue weighted by Crippen LogP contribution is 1.93. The predicted octanol–water partition coefficient (Wildman–Crippen LogP) is -0.899. The molecule has 1 amide bonds. The second kappa shape index (κ2) is 7.68. The Morgan fingerprint density at radius 2 is 1.94 bits per heavy atom. The molecule has 0 saturated heterocycles. The normalized spacial score (nSPS) is 8.71. The number of nitrogens with one attached hydrogen (secondary N) is 1. The van der Waals surface area contributed by atoms with Crippen LogP contribution in [0.3, 0.4) is 0 Å². The molecule has 0 atom stereocenters. The molecule has 94 valence electrons. The second-order valence-corrected chi connectivity index (χ2v) is 2.72. The number of nitrogen functional groups attached to an aromatic ring is 1. The van der Waals surface area contributed by atoms with Crippen molar-refractivity contribution in [3.63, 3.8) is 0 Å². The molecule has 0 spiro atoms. The number of rotatable bonds is 5. The van der Waals surface area contributed by atoms with Gasteiger partial charge in [0.15, 0.2) is 0 Å². The van der Waals surface area contributed by atoms with Gasteiger partial charge in [-0.05, 0) is 0 Å². The lowest BCUT2D eigenvalue weighted by Crippen LogP contribution is -2.13. The van der Waals surface area contributed by atoms with Crippen molar-refractivity contribution in [2.45, 2.75) is 12.8 Å². The van der Waals surface area contributed by atoms with Crippen LogP contribution < -0.4 is 11.2 Å². The van der Waals surface area contributed by atoms with Crippen LogP contribution in [-0.4, -0.2) is 38.2 Å². The molecule has 1 aromatic rings. The summed E-state index contributed by atoms with van der Waals surface area (Å²) in [5, 5.41) is 15.8. The number of nitrogens with zero attached hydrogens (tertiary/aromatic N) is 2. The van der Waals surface area contributed by atoms with Gasteiger partial charge in [0.1, 0.15) is 12.1 Å². The van der Waals surface area contributed by atoms with E-state index in [4.69, 9.17) is 15.9 Å². The van der Waals surface area contributed by atoms with Crippen LogP contribution in [0.15, 0.2) is 12.5 Å². The van der Waals surface area contributed by atoms with E-state index in [9.17, 15) is 14.4 Å². The standard InChI is InChI=1S/C4H6N4O.C4H6O4/c5-4-1-6-2-8(4)7-3-9;5-3(6)1-2-4(7)8/h1-3H,5H2,(H,7,9);1-2H2,(H,5,6)(H,7,8). The number of nitrogens with two attached hydrogens (primary N) is 1. The van der Waals surface area contributed by atoms with Crippen LogP contribution in [-0.2, 0) is 14.4 Å². The molecule has 1 rings (SSSR count). The highest BCUT2D eigenvalue weighted by molar-refractivity contribution is 5.75. The van der Waals surface area contributed by atoms with Gasteiger partial charge in [-0.2, -0.15) is 0 Å². The number of aromatic nitrogens is 2. The molecular formula is C8H12N4O5. The number of anilines is 1. The molecule has 0 aliphatic rings. The van der Waals surface area contributed by atoms with Gasteiger partial charge >= 0.3 is 11.9 Å². The smallest absolute Gasteiger partial charge is 0.303 e. The number of carboxylic acids is 2. The minimum atomic E-state index is -1.08. The van der Waals surface area contributed by atoms with E-state index in [0.29, 0.717) is 12.2 Å². The summed E-state index contributed by atoms with van der Waals surface area (Å²) in [6.07, 6.45) is 2.78. The third kappa shape index (κ3) is 7.36. The molecule has 0 bridgehead atoms. The lowest BCUT2D eigenvalue weighted by Gasteiger charge is -1.97. The number of carboxylic acid groups (broad SMARTS) is 2. The number of imidazole rings is 1. The quantitative estimate of drug-likeness (QED) is 0.490. The molecule has 1 aromatic heterocycles. The number of hydrogen-bond donors (Lipinski definition) is 4. The van der Waals surface area contributed by atoms with Crippen LogP contribution in [0.1, 0.15) is 12.8 Å². The first-order valence-corrected chi connectivity index (χ1v) is 4.39. The Labute approximate surface area is 95.8 Å². The van der Waals surface area contributed by atoms with E-state index >= 15 is 0 Å². The van der Waals surface area contributed by atoms with Gasteiger partial charge in [0.2, 0.25) is 6.41 Å². The van der Waals surface area contributed by atoms with Crippen LogP contribution in [0.5, 0.6) is 0 Å². The lowest BCUT2D eigenvalue weighted by molar-refractivity contribution is -0.143. The van der Waals surface area contributed by atoms with Crippen molar-refractivity contribution in [1.29, 1.82) is 0 Å². The molecule has 0 fully saturated rings. The van der Waals surface area contributed by atoms with Crippen molar-refractivity contribution in [1.82, 2.24) is 9.66 Å². The molecule has 0 aromatic carbocycles. The van der Waals surface area contributed by atoms with Gasteiger partial charge in [-0.25, -0.2) is 9.66 Å². The molecule has 0 saturated carbocycles. The number of hydrogen-bond acceptors (Lipinski definition) is 5. The predicted molar refractivity (Wildman–Crippen MR) is 56.6 cm³/mol. The lowest BCUT2D eigenvalue weighted by atomic mass is 10.3. The molecule has 0 aliphatic carbocycles. The fourth-order valence-electron chi connectivity index (χ4n) is 0.684. The number of carbonyl (C=O) groups excluding carboxylic acids is 1. The maximum Gasteiger partial charge on any atom is 0.303 e. The molecule has 17 heavy (non-hydrogen) atoms. The zero-order chi connectivity index (χ0) is 13.3. The third-order valence-corrected chi connectivity index (χ3v) is 1.41. The van der Waals surface area contributed by atoms with Crippen molar-refractivity contribution in [3.8, 4) is 0 Å². The molecule has 9 heteroatoms. The van der Waals surface area contributed by atoms with Gasteiger partial charge in [-0.3, -0.25) is 19.8 Å². The summed E-state index contributed by atoms with van der Waals surface area (Å²) >= 11 is 0. The fourth-order valence-corrected chi connectivity index (χ4v) is 0.684. The first-order chi connectivity index (χ1) is 7.97. The molecule has 0 unspecified atom stereocenters. The van der Waals surface area contributed by atoms with Gasteiger partial charge < -0.3 is 15.9 Å². The minimum Gasteiger partial charge on any atom is -0.481 e. The van der Waals surface area contributed by atoms with Gasteiger partial charge in [0, 0.05) is 0 Å². The van der Waals surface area contributed by atoms with Gasteiger partial charge in [-0.15, -0.1) is 0 Å². The Kier molecular flexibility index (Phi) is 6.51. The van der Waals surface area contributed by atoms with Gasteiger partial charge in [-0.1, -0.05) is 0 Å². The van der Waals surface area contributed by atoms with Crippen LogP contribution >= 0.6 is 0 Å². The number of amides is 1. The van der Waals surface area contributed by atoms with E-state index < -0.39 is 11.9 Å². The third-order valence-electron chi connectivity index (χ3n) is 1.41. The highest BCUT2D eigenvalue weighted by Gasteiger charge is 2.00. The maximum atomic E-state index is 9.81. The second-order valence-electron chi connectivity index (χ2n) is 2.72. The Balaban J connectivity index is 0.000000304. The van der Waals surface area contributed by atoms with E-state index in [0.717, 1.165) is 0 Å². The van der Waals surface area contributed by atoms with Gasteiger partial charge in [0.25, 0.3) is 0 Å². The molecule has 1 heterocycles. The van der Waals surface area contributed by atoms with Crippen LogP contribution in [0.4, 0.5) is 5.82 Å². The van der Waals surface area contributed by atoms with Crippen molar-refractivity contribution >= 4 is 24.2 Å². The summed E-state index contributed by atoms with van der Waals surface area (Å²) in [7, 11) is 0. The topological polar surface area (TPSA) is 148 Å². The van der Waals surface area contributed by atoms with Crippen molar-refractivity contribution in [2.24, 2.45) is 0 Å². The van der Waals surface area contributed by atoms with E-state index in [1.165, 1.54) is 17.2 Å². The van der Waals surface area contributed by atoms with Gasteiger partial charge in [0.05, 0.1) is 19.0 Å². The summed E-state index contributed by atoms with van der Waals surface area (Å²) in [5.41, 5.74) is 7.61. The van der Waals surface area contributed by atoms with E-state index in [1.807, 2.05) is 0 Å². The van der Waals surface area contributed by atoms with E-state index in [2.05, 4.69) is 10.4 Å². The first-order valence-electron chi connectivity index (χ1n) is 4.39. The SMILES string of the molecule is Nc1cncn1NC=O.O=C(O)CCC(=O)O. The Morgan fingerprint density at radius 3 is 2.24 bits per heavy atom. The Bertz CT molecular complexity index is 375. The average molecular weight is 244 g/mol. The van der Waals surface area contributed by atoms with Crippen molar-refractivity contribution in [3.05, 3.63) is 12.5 Å². The summed E-state index contributed by atoms with van der Waals surface area (Å²) in [6.45, 7) is 0. The zero-order valence-corrected chi connectivity index (χ0v) is 8.74. The highest BCUT2D eigenvalue weighted by atomic mass is 16.4. The number of carbonyl (C=O) groups is 3. The Hall–Kier alpha value is -2.58. The van der Waals surface area contributed by atoms with Crippen molar-refractivity contribution < 1.29 is 24.6 Å². The van der Waals surface area contributed by atoms with E-state index in [-0.39, 0.29) is 12.8 Å². The van der Waals surface area contributed by atoms with Crippen LogP contribution in [0, 0.1) is 0 Å². The Morgan fingerprint density at radius 1 is 1.41 bits per heavy atom. The zero-order valence-electron chi connectivity index (χ0n) is 8.74. The minimum absolute atomic E-state index is 0.296. The largest absolute Gasteiger partial charge is 0.481 e. The fraction of sp³-hybridized carbons (Fsp3) is 0.250. The van der Waals surface area contributed by atoms with Crippen LogP contribution in [0.2, 0.25) is 0 Å². The molecule has 9 nitrogen and oxygen atoms in total. The summed E-state index contributed by atoms with van der Waals surface area (Å²) in [4.78, 5) is 32.7. The number of aliphatic carboxylic acids is 2. The maximum absolute atomic E-state index is 9.81. The monoisotopic (exact) mass is 244 g/mol.